The molecule has 0 aliphatic carbocycles. The van der Waals surface area contributed by atoms with E-state index in [4.69, 9.17) is 14.5 Å². The minimum absolute atomic E-state index is 0.104. The van der Waals surface area contributed by atoms with Gasteiger partial charge in [-0.3, -0.25) is 9.78 Å². The first-order chi connectivity index (χ1) is 15.7. The summed E-state index contributed by atoms with van der Waals surface area (Å²) in [6.07, 6.45) is 0. The summed E-state index contributed by atoms with van der Waals surface area (Å²) in [6.45, 7) is 23.4. The molecular formula is C31H40O3. The van der Waals surface area contributed by atoms with Crippen molar-refractivity contribution in [1.82, 2.24) is 0 Å². The highest BCUT2D eigenvalue weighted by Gasteiger charge is 2.27. The van der Waals surface area contributed by atoms with Crippen LogP contribution in [-0.2, 0) is 11.0 Å². The molecule has 0 aliphatic heterocycles. The standard InChI is InChI=1S/C31H40O3/c1-19-13-12-14-20(2)28(19)33-34-29-23(5)17-26(18-24(29)6)31(10,11)32-27-21(3)15-25(16-22(27)4)30(7,8)9/h12-18H,1-11H3. The zero-order valence-corrected chi connectivity index (χ0v) is 22.8. The van der Waals surface area contributed by atoms with Crippen LogP contribution in [0.2, 0.25) is 0 Å². The minimum Gasteiger partial charge on any atom is -0.483 e. The number of aryl methyl sites for hydroxylation is 6. The van der Waals surface area contributed by atoms with Crippen molar-refractivity contribution < 1.29 is 14.5 Å². The number of hydrogen-bond acceptors (Lipinski definition) is 3. The van der Waals surface area contributed by atoms with Crippen LogP contribution in [0.15, 0.2) is 42.5 Å². The average Bonchev–Trinajstić information content (AvgIpc) is 2.71. The monoisotopic (exact) mass is 460 g/mol. The Balaban J connectivity index is 1.87. The maximum atomic E-state index is 6.66. The van der Waals surface area contributed by atoms with Crippen molar-refractivity contribution in [2.75, 3.05) is 0 Å². The number of ether oxygens (including phenoxy) is 1. The molecular weight excluding hydrogens is 420 g/mol. The van der Waals surface area contributed by atoms with Crippen LogP contribution in [0.5, 0.6) is 17.2 Å². The van der Waals surface area contributed by atoms with Crippen LogP contribution in [0, 0.1) is 41.5 Å². The molecule has 0 bridgehead atoms. The first-order valence-corrected chi connectivity index (χ1v) is 12.0. The van der Waals surface area contributed by atoms with Gasteiger partial charge in [0.25, 0.3) is 0 Å². The summed E-state index contributed by atoms with van der Waals surface area (Å²) in [7, 11) is 0. The lowest BCUT2D eigenvalue weighted by atomic mass is 9.85. The molecule has 3 nitrogen and oxygen atoms in total. The summed E-state index contributed by atoms with van der Waals surface area (Å²) >= 11 is 0. The second-order valence-corrected chi connectivity index (χ2v) is 11.1. The second-order valence-electron chi connectivity index (χ2n) is 11.1. The number of benzene rings is 3. The number of hydrogen-bond donors (Lipinski definition) is 0. The van der Waals surface area contributed by atoms with Crippen LogP contribution in [-0.4, -0.2) is 0 Å². The van der Waals surface area contributed by atoms with E-state index in [1.165, 1.54) is 5.56 Å². The molecule has 0 saturated carbocycles. The predicted octanol–water partition coefficient (Wildman–Crippen LogP) is 8.52. The lowest BCUT2D eigenvalue weighted by Crippen LogP contribution is -2.27. The van der Waals surface area contributed by atoms with Gasteiger partial charge in [-0.2, -0.15) is 0 Å². The van der Waals surface area contributed by atoms with Crippen LogP contribution in [0.4, 0.5) is 0 Å². The summed E-state index contributed by atoms with van der Waals surface area (Å²) in [4.78, 5) is 11.6. The molecule has 0 fully saturated rings. The number of para-hydroxylation sites is 1. The summed E-state index contributed by atoms with van der Waals surface area (Å²) in [5.74, 6) is 2.45. The fourth-order valence-electron chi connectivity index (χ4n) is 4.30. The molecule has 34 heavy (non-hydrogen) atoms. The minimum atomic E-state index is -0.514. The third-order valence-corrected chi connectivity index (χ3v) is 6.46. The third kappa shape index (κ3) is 5.41. The SMILES string of the molecule is Cc1cccc(C)c1OOc1c(C)cc(C(C)(C)Oc2c(C)cc(C(C)(C)C)cc2C)cc1C. The van der Waals surface area contributed by atoms with Gasteiger partial charge < -0.3 is 4.74 Å². The fourth-order valence-corrected chi connectivity index (χ4v) is 4.30. The smallest absolute Gasteiger partial charge is 0.184 e. The molecule has 0 N–H and O–H groups in total. The van der Waals surface area contributed by atoms with Crippen LogP contribution in [0.25, 0.3) is 0 Å². The Kier molecular flexibility index (Phi) is 7.07. The van der Waals surface area contributed by atoms with E-state index in [0.717, 1.165) is 56.2 Å². The lowest BCUT2D eigenvalue weighted by molar-refractivity contribution is -0.102. The molecule has 3 rings (SSSR count). The van der Waals surface area contributed by atoms with E-state index in [1.54, 1.807) is 0 Å². The molecule has 0 amide bonds. The normalized spacial score (nSPS) is 12.0. The van der Waals surface area contributed by atoms with E-state index in [-0.39, 0.29) is 5.41 Å². The summed E-state index contributed by atoms with van der Waals surface area (Å²) in [5.41, 5.74) is 8.44. The quantitative estimate of drug-likeness (QED) is 0.272. The maximum absolute atomic E-state index is 6.66. The highest BCUT2D eigenvalue weighted by atomic mass is 17.2. The van der Waals surface area contributed by atoms with Gasteiger partial charge >= 0.3 is 0 Å². The Labute approximate surface area is 206 Å². The Morgan fingerprint density at radius 2 is 0.882 bits per heavy atom. The predicted molar refractivity (Wildman–Crippen MR) is 141 cm³/mol. The molecule has 0 aliphatic rings. The number of rotatable bonds is 6. The molecule has 0 atom stereocenters. The van der Waals surface area contributed by atoms with Gasteiger partial charge in [0.2, 0.25) is 0 Å². The van der Waals surface area contributed by atoms with E-state index >= 15 is 0 Å². The van der Waals surface area contributed by atoms with Gasteiger partial charge in [-0.1, -0.05) is 51.1 Å². The molecule has 0 heterocycles. The van der Waals surface area contributed by atoms with Crippen molar-refractivity contribution in [2.45, 2.75) is 87.2 Å². The zero-order chi connectivity index (χ0) is 25.4. The van der Waals surface area contributed by atoms with Gasteiger partial charge in [-0.05, 0) is 117 Å². The topological polar surface area (TPSA) is 27.7 Å². The average molecular weight is 461 g/mol. The van der Waals surface area contributed by atoms with Crippen LogP contribution < -0.4 is 14.5 Å². The maximum Gasteiger partial charge on any atom is 0.184 e. The molecule has 3 aromatic carbocycles. The fraction of sp³-hybridized carbons (Fsp3) is 0.419. The second kappa shape index (κ2) is 9.37. The third-order valence-electron chi connectivity index (χ3n) is 6.46. The Morgan fingerprint density at radius 3 is 1.32 bits per heavy atom. The van der Waals surface area contributed by atoms with Gasteiger partial charge in [0.1, 0.15) is 11.4 Å². The molecule has 0 aromatic heterocycles. The Morgan fingerprint density at radius 1 is 0.500 bits per heavy atom. The van der Waals surface area contributed by atoms with Crippen molar-refractivity contribution in [3.63, 3.8) is 0 Å². The molecule has 0 spiro atoms. The lowest BCUT2D eigenvalue weighted by Gasteiger charge is -2.31. The molecule has 0 saturated heterocycles. The van der Waals surface area contributed by atoms with E-state index in [1.807, 2.05) is 45.9 Å². The van der Waals surface area contributed by atoms with Crippen molar-refractivity contribution in [2.24, 2.45) is 0 Å². The summed E-state index contributed by atoms with van der Waals surface area (Å²) in [6, 6.07) is 14.8. The molecule has 3 aromatic rings. The molecule has 0 radical (unpaired) electrons. The van der Waals surface area contributed by atoms with Crippen LogP contribution in [0.3, 0.4) is 0 Å². The van der Waals surface area contributed by atoms with Crippen molar-refractivity contribution >= 4 is 0 Å². The van der Waals surface area contributed by atoms with Gasteiger partial charge in [-0.15, -0.1) is 0 Å². The largest absolute Gasteiger partial charge is 0.483 e. The van der Waals surface area contributed by atoms with Gasteiger partial charge in [0.05, 0.1) is 0 Å². The van der Waals surface area contributed by atoms with Gasteiger partial charge in [-0.25, -0.2) is 0 Å². The zero-order valence-electron chi connectivity index (χ0n) is 22.8. The first kappa shape index (κ1) is 25.7. The Bertz CT molecular complexity index is 1130. The van der Waals surface area contributed by atoms with E-state index in [0.29, 0.717) is 0 Å². The molecule has 0 unspecified atom stereocenters. The van der Waals surface area contributed by atoms with Crippen molar-refractivity contribution in [1.29, 1.82) is 0 Å². The van der Waals surface area contributed by atoms with Gasteiger partial charge in [0, 0.05) is 0 Å². The van der Waals surface area contributed by atoms with Crippen LogP contribution >= 0.6 is 0 Å². The van der Waals surface area contributed by atoms with E-state index in [2.05, 4.69) is 72.7 Å². The first-order valence-electron chi connectivity index (χ1n) is 12.0. The highest BCUT2D eigenvalue weighted by Crippen LogP contribution is 2.38. The summed E-state index contributed by atoms with van der Waals surface area (Å²) < 4.78 is 6.66. The highest BCUT2D eigenvalue weighted by molar-refractivity contribution is 5.48. The van der Waals surface area contributed by atoms with Crippen molar-refractivity contribution in [3.05, 3.63) is 87.0 Å². The van der Waals surface area contributed by atoms with Gasteiger partial charge in [0.15, 0.2) is 11.5 Å². The van der Waals surface area contributed by atoms with E-state index < -0.39 is 5.60 Å². The van der Waals surface area contributed by atoms with Crippen molar-refractivity contribution in [3.8, 4) is 17.2 Å². The molecule has 182 valence electrons. The molecule has 3 heteroatoms. The Hall–Kier alpha value is -2.94. The van der Waals surface area contributed by atoms with E-state index in [9.17, 15) is 0 Å². The van der Waals surface area contributed by atoms with Crippen LogP contribution in [0.1, 0.15) is 79.1 Å². The summed E-state index contributed by atoms with van der Waals surface area (Å²) in [5, 5.41) is 0.